The summed E-state index contributed by atoms with van der Waals surface area (Å²) in [5.41, 5.74) is 0.833. The highest BCUT2D eigenvalue weighted by Gasteiger charge is 2.03. The molecule has 0 aliphatic carbocycles. The predicted octanol–water partition coefficient (Wildman–Crippen LogP) is 1.30. The molecule has 16 heavy (non-hydrogen) atoms. The number of aliphatic hydroxyl groups is 1. The van der Waals surface area contributed by atoms with Crippen molar-refractivity contribution >= 4 is 11.5 Å². The molecule has 2 N–H and O–H groups in total. The molecule has 0 radical (unpaired) electrons. The molecule has 2 aromatic rings. The highest BCUT2D eigenvalue weighted by Crippen LogP contribution is 2.09. The molecule has 1 atom stereocenters. The molecule has 0 saturated carbocycles. The number of fused-ring (bicyclic) bond motifs is 1. The van der Waals surface area contributed by atoms with Crippen molar-refractivity contribution in [3.63, 3.8) is 0 Å². The molecule has 2 aromatic heterocycles. The molecule has 2 rings (SSSR count). The van der Waals surface area contributed by atoms with Crippen LogP contribution in [0.5, 0.6) is 0 Å². The van der Waals surface area contributed by atoms with Crippen LogP contribution in [0.15, 0.2) is 24.5 Å². The summed E-state index contributed by atoms with van der Waals surface area (Å²) >= 11 is 0. The molecule has 0 aliphatic rings. The second-order valence-corrected chi connectivity index (χ2v) is 3.86. The Hall–Kier alpha value is -1.62. The maximum atomic E-state index is 8.74. The van der Waals surface area contributed by atoms with Crippen LogP contribution in [0.3, 0.4) is 0 Å². The molecule has 1 unspecified atom stereocenters. The van der Waals surface area contributed by atoms with Gasteiger partial charge in [0, 0.05) is 24.9 Å². The average Bonchev–Trinajstić information content (AvgIpc) is 2.73. The first-order chi connectivity index (χ1) is 7.79. The number of anilines is 1. The van der Waals surface area contributed by atoms with Crippen LogP contribution in [0.25, 0.3) is 5.65 Å². The van der Waals surface area contributed by atoms with Crippen LogP contribution in [0, 0.1) is 0 Å². The van der Waals surface area contributed by atoms with Crippen LogP contribution < -0.4 is 5.32 Å². The van der Waals surface area contributed by atoms with Gasteiger partial charge in [-0.1, -0.05) is 0 Å². The normalized spacial score (nSPS) is 12.9. The van der Waals surface area contributed by atoms with E-state index in [0.29, 0.717) is 6.04 Å². The van der Waals surface area contributed by atoms with Gasteiger partial charge in [0.05, 0.1) is 6.20 Å². The van der Waals surface area contributed by atoms with Gasteiger partial charge in [-0.3, -0.25) is 0 Å². The van der Waals surface area contributed by atoms with Gasteiger partial charge in [0.1, 0.15) is 5.82 Å². The van der Waals surface area contributed by atoms with E-state index in [-0.39, 0.29) is 6.61 Å². The third kappa shape index (κ3) is 2.49. The number of rotatable bonds is 5. The summed E-state index contributed by atoms with van der Waals surface area (Å²) < 4.78 is 1.73. The van der Waals surface area contributed by atoms with E-state index in [1.807, 2.05) is 18.3 Å². The molecule has 0 amide bonds. The maximum Gasteiger partial charge on any atom is 0.157 e. The van der Waals surface area contributed by atoms with Crippen molar-refractivity contribution in [3.05, 3.63) is 24.5 Å². The first kappa shape index (κ1) is 10.9. The van der Waals surface area contributed by atoms with Gasteiger partial charge in [-0.2, -0.15) is 5.10 Å². The van der Waals surface area contributed by atoms with E-state index in [4.69, 9.17) is 5.11 Å². The maximum absolute atomic E-state index is 8.74. The molecule has 0 aromatic carbocycles. The van der Waals surface area contributed by atoms with E-state index < -0.39 is 0 Å². The minimum atomic E-state index is 0.237. The Morgan fingerprint density at radius 1 is 1.50 bits per heavy atom. The van der Waals surface area contributed by atoms with Gasteiger partial charge in [0.2, 0.25) is 0 Å². The largest absolute Gasteiger partial charge is 0.396 e. The molecule has 5 nitrogen and oxygen atoms in total. The fraction of sp³-hybridized carbons (Fsp3) is 0.455. The summed E-state index contributed by atoms with van der Waals surface area (Å²) in [6.07, 6.45) is 5.34. The number of hydrogen-bond acceptors (Lipinski definition) is 4. The standard InChI is InChI=1S/C11H16N4O/c1-9(3-2-8-16)13-10-5-7-15-11(14-10)4-6-12-15/h4-7,9,16H,2-3,8H2,1H3,(H,13,14). The number of aromatic nitrogens is 3. The molecule has 0 spiro atoms. The van der Waals surface area contributed by atoms with Gasteiger partial charge in [0.25, 0.3) is 0 Å². The Bertz CT molecular complexity index is 454. The molecule has 0 bridgehead atoms. The second kappa shape index (κ2) is 4.94. The zero-order valence-corrected chi connectivity index (χ0v) is 9.30. The van der Waals surface area contributed by atoms with Crippen LogP contribution in [0.4, 0.5) is 5.82 Å². The summed E-state index contributed by atoms with van der Waals surface area (Å²) in [5, 5.41) is 16.1. The Kier molecular flexibility index (Phi) is 3.36. The van der Waals surface area contributed by atoms with Crippen molar-refractivity contribution in [3.8, 4) is 0 Å². The van der Waals surface area contributed by atoms with E-state index in [1.54, 1.807) is 10.7 Å². The summed E-state index contributed by atoms with van der Waals surface area (Å²) in [6.45, 7) is 2.32. The van der Waals surface area contributed by atoms with E-state index in [0.717, 1.165) is 24.3 Å². The Balaban J connectivity index is 2.03. The minimum absolute atomic E-state index is 0.237. The summed E-state index contributed by atoms with van der Waals surface area (Å²) in [4.78, 5) is 4.41. The predicted molar refractivity (Wildman–Crippen MR) is 62.4 cm³/mol. The lowest BCUT2D eigenvalue weighted by Crippen LogP contribution is -2.16. The molecular weight excluding hydrogens is 204 g/mol. The molecule has 0 fully saturated rings. The highest BCUT2D eigenvalue weighted by atomic mass is 16.2. The van der Waals surface area contributed by atoms with Crippen LogP contribution in [0.1, 0.15) is 19.8 Å². The van der Waals surface area contributed by atoms with E-state index in [2.05, 4.69) is 22.3 Å². The highest BCUT2D eigenvalue weighted by molar-refractivity contribution is 5.45. The minimum Gasteiger partial charge on any atom is -0.396 e. The van der Waals surface area contributed by atoms with Gasteiger partial charge >= 0.3 is 0 Å². The second-order valence-electron chi connectivity index (χ2n) is 3.86. The zero-order valence-electron chi connectivity index (χ0n) is 9.30. The molecule has 86 valence electrons. The SMILES string of the molecule is CC(CCCO)Nc1ccn2nccc2n1. The number of hydrogen-bond donors (Lipinski definition) is 2. The van der Waals surface area contributed by atoms with Gasteiger partial charge in [-0.05, 0) is 25.8 Å². The fourth-order valence-corrected chi connectivity index (χ4v) is 1.62. The molecule has 0 saturated heterocycles. The van der Waals surface area contributed by atoms with Crippen molar-refractivity contribution in [1.29, 1.82) is 0 Å². The van der Waals surface area contributed by atoms with E-state index in [9.17, 15) is 0 Å². The summed E-state index contributed by atoms with van der Waals surface area (Å²) in [6, 6.07) is 4.07. The number of nitrogens with zero attached hydrogens (tertiary/aromatic N) is 3. The fourth-order valence-electron chi connectivity index (χ4n) is 1.62. The summed E-state index contributed by atoms with van der Waals surface area (Å²) in [5.74, 6) is 0.846. The van der Waals surface area contributed by atoms with Crippen LogP contribution in [-0.4, -0.2) is 32.4 Å². The topological polar surface area (TPSA) is 62.5 Å². The van der Waals surface area contributed by atoms with Crippen molar-refractivity contribution in [2.75, 3.05) is 11.9 Å². The lowest BCUT2D eigenvalue weighted by molar-refractivity contribution is 0.282. The van der Waals surface area contributed by atoms with Gasteiger partial charge in [0.15, 0.2) is 5.65 Å². The molecular formula is C11H16N4O. The van der Waals surface area contributed by atoms with Crippen molar-refractivity contribution in [1.82, 2.24) is 14.6 Å². The van der Waals surface area contributed by atoms with E-state index >= 15 is 0 Å². The third-order valence-electron chi connectivity index (χ3n) is 2.45. The van der Waals surface area contributed by atoms with Crippen LogP contribution in [0.2, 0.25) is 0 Å². The quantitative estimate of drug-likeness (QED) is 0.797. The molecule has 2 heterocycles. The Morgan fingerprint density at radius 3 is 3.19 bits per heavy atom. The van der Waals surface area contributed by atoms with E-state index in [1.165, 1.54) is 0 Å². The molecule has 5 heteroatoms. The Morgan fingerprint density at radius 2 is 2.38 bits per heavy atom. The number of nitrogens with one attached hydrogen (secondary N) is 1. The summed E-state index contributed by atoms with van der Waals surface area (Å²) in [7, 11) is 0. The average molecular weight is 220 g/mol. The lowest BCUT2D eigenvalue weighted by atomic mass is 10.2. The monoisotopic (exact) mass is 220 g/mol. The van der Waals surface area contributed by atoms with Crippen LogP contribution in [-0.2, 0) is 0 Å². The Labute approximate surface area is 94.1 Å². The molecule has 0 aliphatic heterocycles. The van der Waals surface area contributed by atoms with Gasteiger partial charge < -0.3 is 10.4 Å². The number of aliphatic hydroxyl groups excluding tert-OH is 1. The van der Waals surface area contributed by atoms with Crippen molar-refractivity contribution < 1.29 is 5.11 Å². The smallest absolute Gasteiger partial charge is 0.157 e. The van der Waals surface area contributed by atoms with Gasteiger partial charge in [-0.25, -0.2) is 9.50 Å². The third-order valence-corrected chi connectivity index (χ3v) is 2.45. The van der Waals surface area contributed by atoms with Crippen molar-refractivity contribution in [2.45, 2.75) is 25.8 Å². The van der Waals surface area contributed by atoms with Crippen LogP contribution >= 0.6 is 0 Å². The first-order valence-electron chi connectivity index (χ1n) is 5.47. The lowest BCUT2D eigenvalue weighted by Gasteiger charge is -2.13. The van der Waals surface area contributed by atoms with Gasteiger partial charge in [-0.15, -0.1) is 0 Å². The van der Waals surface area contributed by atoms with Crippen molar-refractivity contribution in [2.24, 2.45) is 0 Å². The zero-order chi connectivity index (χ0) is 11.4. The first-order valence-corrected chi connectivity index (χ1v) is 5.47.